The first-order chi connectivity index (χ1) is 18.4. The van der Waals surface area contributed by atoms with Crippen molar-refractivity contribution in [1.29, 1.82) is 0 Å². The minimum absolute atomic E-state index is 0.0305. The Bertz CT molecular complexity index is 1370. The first kappa shape index (κ1) is 25.1. The molecule has 1 fully saturated rings. The van der Waals surface area contributed by atoms with Crippen LogP contribution in [0.1, 0.15) is 38.8 Å². The molecule has 4 unspecified atom stereocenters. The van der Waals surface area contributed by atoms with Crippen LogP contribution in [0, 0.1) is 0 Å². The number of amides is 3. The number of β-lactam (4-membered cyclic amide) rings is 1. The number of carbonyl (C=O) groups is 4. The molecule has 5 rings (SSSR count). The van der Waals surface area contributed by atoms with Crippen LogP contribution in [0.5, 0.6) is 0 Å². The average Bonchev–Trinajstić information content (AvgIpc) is 3.18. The maximum atomic E-state index is 13.6. The largest absolute Gasteiger partial charge is 0.459 e. The van der Waals surface area contributed by atoms with Crippen LogP contribution in [-0.4, -0.2) is 62.8 Å². The second-order valence-electron chi connectivity index (χ2n) is 9.26. The SMILES string of the molecule is CC(O)C(C(=O)OCc1ccccc1)N1C(=O)C(N2C(=O)c3ccccc3C2=O)C1/C=C/c1ccccc1. The Morgan fingerprint density at radius 3 is 2.03 bits per heavy atom. The molecule has 0 spiro atoms. The lowest BCUT2D eigenvalue weighted by molar-refractivity contribution is -0.175. The van der Waals surface area contributed by atoms with Gasteiger partial charge in [0.2, 0.25) is 5.91 Å². The lowest BCUT2D eigenvalue weighted by atomic mass is 9.88. The van der Waals surface area contributed by atoms with E-state index in [4.69, 9.17) is 4.74 Å². The molecule has 4 atom stereocenters. The highest BCUT2D eigenvalue weighted by molar-refractivity contribution is 6.23. The molecule has 0 aliphatic carbocycles. The third kappa shape index (κ3) is 4.50. The van der Waals surface area contributed by atoms with Gasteiger partial charge in [-0.1, -0.05) is 84.9 Å². The van der Waals surface area contributed by atoms with Crippen LogP contribution in [0.4, 0.5) is 0 Å². The van der Waals surface area contributed by atoms with Gasteiger partial charge >= 0.3 is 5.97 Å². The Morgan fingerprint density at radius 1 is 0.895 bits per heavy atom. The molecule has 1 N–H and O–H groups in total. The molecule has 38 heavy (non-hydrogen) atoms. The van der Waals surface area contributed by atoms with Crippen molar-refractivity contribution in [3.8, 4) is 0 Å². The second kappa shape index (κ2) is 10.4. The first-order valence-electron chi connectivity index (χ1n) is 12.3. The molecule has 0 radical (unpaired) electrons. The van der Waals surface area contributed by atoms with E-state index in [-0.39, 0.29) is 17.7 Å². The van der Waals surface area contributed by atoms with Crippen molar-refractivity contribution in [2.24, 2.45) is 0 Å². The number of hydrogen-bond donors (Lipinski definition) is 1. The van der Waals surface area contributed by atoms with E-state index in [1.54, 1.807) is 48.6 Å². The van der Waals surface area contributed by atoms with Gasteiger partial charge in [-0.15, -0.1) is 0 Å². The number of nitrogens with zero attached hydrogens (tertiary/aromatic N) is 2. The van der Waals surface area contributed by atoms with Gasteiger partial charge in [0.05, 0.1) is 23.3 Å². The van der Waals surface area contributed by atoms with E-state index in [1.807, 2.05) is 48.5 Å². The molecule has 0 saturated carbocycles. The summed E-state index contributed by atoms with van der Waals surface area (Å²) in [7, 11) is 0. The maximum Gasteiger partial charge on any atom is 0.331 e. The Hall–Kier alpha value is -4.56. The van der Waals surface area contributed by atoms with Crippen molar-refractivity contribution in [3.63, 3.8) is 0 Å². The van der Waals surface area contributed by atoms with E-state index in [1.165, 1.54) is 11.8 Å². The maximum absolute atomic E-state index is 13.6. The van der Waals surface area contributed by atoms with Crippen molar-refractivity contribution >= 4 is 29.8 Å². The zero-order valence-corrected chi connectivity index (χ0v) is 20.6. The summed E-state index contributed by atoms with van der Waals surface area (Å²) in [6.07, 6.45) is 2.16. The summed E-state index contributed by atoms with van der Waals surface area (Å²) < 4.78 is 5.46. The summed E-state index contributed by atoms with van der Waals surface area (Å²) in [6, 6.07) is 21.4. The summed E-state index contributed by atoms with van der Waals surface area (Å²) >= 11 is 0. The molecule has 3 aromatic carbocycles. The fourth-order valence-corrected chi connectivity index (χ4v) is 4.89. The zero-order valence-electron chi connectivity index (χ0n) is 20.6. The van der Waals surface area contributed by atoms with Crippen LogP contribution < -0.4 is 0 Å². The van der Waals surface area contributed by atoms with Crippen LogP contribution >= 0.6 is 0 Å². The molecule has 2 heterocycles. The van der Waals surface area contributed by atoms with Gasteiger partial charge in [0.25, 0.3) is 11.8 Å². The Morgan fingerprint density at radius 2 is 1.45 bits per heavy atom. The number of carbonyl (C=O) groups excluding carboxylic acids is 4. The summed E-state index contributed by atoms with van der Waals surface area (Å²) in [4.78, 5) is 55.2. The van der Waals surface area contributed by atoms with Gasteiger partial charge in [0.15, 0.2) is 6.04 Å². The fourth-order valence-electron chi connectivity index (χ4n) is 4.89. The minimum atomic E-state index is -1.33. The standard InChI is InChI=1S/C30H26N2O6/c1-19(33)25(30(37)38-18-21-12-6-3-7-13-21)31-24(17-16-20-10-4-2-5-11-20)26(29(31)36)32-27(34)22-14-8-9-15-23(22)28(32)35/h2-17,19,24-26,33H,18H2,1H3/b17-16+. The predicted octanol–water partition coefficient (Wildman–Crippen LogP) is 3.07. The molecule has 2 aliphatic rings. The third-order valence-corrected chi connectivity index (χ3v) is 6.76. The lowest BCUT2D eigenvalue weighted by Gasteiger charge is -2.51. The van der Waals surface area contributed by atoms with Crippen LogP contribution in [0.3, 0.4) is 0 Å². The Balaban J connectivity index is 1.45. The van der Waals surface area contributed by atoms with Gasteiger partial charge in [0, 0.05) is 0 Å². The van der Waals surface area contributed by atoms with Gasteiger partial charge in [-0.25, -0.2) is 4.79 Å². The Labute approximate surface area is 219 Å². The summed E-state index contributed by atoms with van der Waals surface area (Å²) in [5.74, 6) is -2.54. The number of esters is 1. The number of ether oxygens (including phenoxy) is 1. The lowest BCUT2D eigenvalue weighted by Crippen LogP contribution is -2.75. The summed E-state index contributed by atoms with van der Waals surface area (Å²) in [6.45, 7) is 1.37. The molecular formula is C30H26N2O6. The number of rotatable bonds is 8. The number of imide groups is 1. The smallest absolute Gasteiger partial charge is 0.331 e. The number of benzene rings is 3. The van der Waals surface area contributed by atoms with Crippen LogP contribution in [0.25, 0.3) is 6.08 Å². The van der Waals surface area contributed by atoms with Gasteiger partial charge in [-0.2, -0.15) is 0 Å². The highest BCUT2D eigenvalue weighted by Crippen LogP contribution is 2.36. The highest BCUT2D eigenvalue weighted by Gasteiger charge is 2.59. The number of aliphatic hydroxyl groups is 1. The van der Waals surface area contributed by atoms with E-state index >= 15 is 0 Å². The number of fused-ring (bicyclic) bond motifs is 1. The van der Waals surface area contributed by atoms with Crippen LogP contribution in [0.15, 0.2) is 91.0 Å². The molecule has 3 amide bonds. The van der Waals surface area contributed by atoms with E-state index < -0.39 is 47.9 Å². The van der Waals surface area contributed by atoms with E-state index in [0.717, 1.165) is 16.0 Å². The van der Waals surface area contributed by atoms with Gasteiger partial charge in [-0.3, -0.25) is 19.3 Å². The van der Waals surface area contributed by atoms with E-state index in [0.29, 0.717) is 0 Å². The molecule has 8 heteroatoms. The average molecular weight is 511 g/mol. The topological polar surface area (TPSA) is 104 Å². The van der Waals surface area contributed by atoms with Crippen LogP contribution in [0.2, 0.25) is 0 Å². The van der Waals surface area contributed by atoms with Gasteiger partial charge in [-0.05, 0) is 30.2 Å². The molecule has 192 valence electrons. The molecule has 0 aromatic heterocycles. The van der Waals surface area contributed by atoms with E-state index in [9.17, 15) is 24.3 Å². The van der Waals surface area contributed by atoms with Gasteiger partial charge in [0.1, 0.15) is 12.6 Å². The monoisotopic (exact) mass is 510 g/mol. The van der Waals surface area contributed by atoms with Crippen molar-refractivity contribution in [2.75, 3.05) is 0 Å². The second-order valence-corrected chi connectivity index (χ2v) is 9.26. The number of aliphatic hydroxyl groups excluding tert-OH is 1. The molecule has 3 aromatic rings. The third-order valence-electron chi connectivity index (χ3n) is 6.76. The van der Waals surface area contributed by atoms with E-state index in [2.05, 4.69) is 0 Å². The first-order valence-corrected chi connectivity index (χ1v) is 12.3. The quantitative estimate of drug-likeness (QED) is 0.284. The normalized spacial score (nSPS) is 20.3. The van der Waals surface area contributed by atoms with Crippen molar-refractivity contribution in [1.82, 2.24) is 9.80 Å². The molecule has 1 saturated heterocycles. The Kier molecular flexibility index (Phi) is 6.89. The predicted molar refractivity (Wildman–Crippen MR) is 139 cm³/mol. The molecule has 0 bridgehead atoms. The highest BCUT2D eigenvalue weighted by atomic mass is 16.5. The van der Waals surface area contributed by atoms with Crippen LogP contribution in [-0.2, 0) is 20.9 Å². The van der Waals surface area contributed by atoms with Crippen molar-refractivity contribution < 1.29 is 29.0 Å². The van der Waals surface area contributed by atoms with Gasteiger partial charge < -0.3 is 14.7 Å². The molecule has 2 aliphatic heterocycles. The zero-order chi connectivity index (χ0) is 26.8. The van der Waals surface area contributed by atoms with Crippen molar-refractivity contribution in [3.05, 3.63) is 113 Å². The molecule has 8 nitrogen and oxygen atoms in total. The minimum Gasteiger partial charge on any atom is -0.459 e. The van der Waals surface area contributed by atoms with Crippen molar-refractivity contribution in [2.45, 2.75) is 37.8 Å². The summed E-state index contributed by atoms with van der Waals surface area (Å²) in [5.41, 5.74) is 2.03. The fraction of sp³-hybridized carbons (Fsp3) is 0.200. The number of likely N-dealkylation sites (tertiary alicyclic amines) is 1. The summed E-state index contributed by atoms with van der Waals surface area (Å²) in [5, 5.41) is 10.6. The molecular weight excluding hydrogens is 484 g/mol. The number of hydrogen-bond acceptors (Lipinski definition) is 6.